The average Bonchev–Trinajstić information content (AvgIpc) is 2.32. The third-order valence-corrected chi connectivity index (χ3v) is 3.09. The van der Waals surface area contributed by atoms with Crippen molar-refractivity contribution in [1.82, 2.24) is 9.91 Å². The van der Waals surface area contributed by atoms with Crippen LogP contribution < -0.4 is 5.84 Å². The Labute approximate surface area is 104 Å². The van der Waals surface area contributed by atoms with Gasteiger partial charge < -0.3 is 0 Å². The van der Waals surface area contributed by atoms with E-state index in [0.717, 1.165) is 43.9 Å². The summed E-state index contributed by atoms with van der Waals surface area (Å²) in [4.78, 5) is 2.19. The van der Waals surface area contributed by atoms with E-state index in [-0.39, 0.29) is 0 Å². The molecule has 1 heterocycles. The molecule has 0 aliphatic carbocycles. The molecule has 1 aromatic carbocycles. The Hall–Kier alpha value is -1.11. The summed E-state index contributed by atoms with van der Waals surface area (Å²) >= 11 is 0. The highest BCUT2D eigenvalue weighted by Gasteiger charge is 2.30. The van der Waals surface area contributed by atoms with Gasteiger partial charge in [0, 0.05) is 32.7 Å². The van der Waals surface area contributed by atoms with E-state index >= 15 is 0 Å². The molecule has 0 aromatic heterocycles. The highest BCUT2D eigenvalue weighted by molar-refractivity contribution is 5.24. The first kappa shape index (κ1) is 13.3. The molecule has 1 fully saturated rings. The number of nitrogens with zero attached hydrogens (tertiary/aromatic N) is 2. The fourth-order valence-corrected chi connectivity index (χ4v) is 1.98. The Morgan fingerprint density at radius 1 is 1.00 bits per heavy atom. The average molecular weight is 259 g/mol. The molecule has 1 aliphatic heterocycles. The molecule has 2 N–H and O–H groups in total. The van der Waals surface area contributed by atoms with E-state index in [2.05, 4.69) is 4.90 Å². The van der Waals surface area contributed by atoms with Crippen LogP contribution in [0.15, 0.2) is 24.3 Å². The molecule has 6 heteroatoms. The second-order valence-electron chi connectivity index (χ2n) is 4.51. The van der Waals surface area contributed by atoms with Gasteiger partial charge in [-0.2, -0.15) is 13.2 Å². The number of nitrogens with two attached hydrogens (primary N) is 1. The third kappa shape index (κ3) is 3.44. The third-order valence-electron chi connectivity index (χ3n) is 3.09. The first-order chi connectivity index (χ1) is 8.45. The lowest BCUT2D eigenvalue weighted by molar-refractivity contribution is -0.137. The highest BCUT2D eigenvalue weighted by Crippen LogP contribution is 2.29. The molecule has 0 saturated carbocycles. The van der Waals surface area contributed by atoms with Gasteiger partial charge in [0.15, 0.2) is 0 Å². The van der Waals surface area contributed by atoms with Crippen molar-refractivity contribution >= 4 is 0 Å². The Morgan fingerprint density at radius 2 is 1.56 bits per heavy atom. The lowest BCUT2D eigenvalue weighted by Gasteiger charge is -2.31. The second kappa shape index (κ2) is 5.26. The van der Waals surface area contributed by atoms with Gasteiger partial charge in [-0.15, -0.1) is 0 Å². The van der Waals surface area contributed by atoms with E-state index in [1.165, 1.54) is 12.1 Å². The summed E-state index contributed by atoms with van der Waals surface area (Å²) in [5.74, 6) is 5.64. The quantitative estimate of drug-likeness (QED) is 0.820. The van der Waals surface area contributed by atoms with Crippen LogP contribution in [0.5, 0.6) is 0 Å². The maximum Gasteiger partial charge on any atom is 0.416 e. The summed E-state index contributed by atoms with van der Waals surface area (Å²) in [6, 6.07) is 5.35. The fraction of sp³-hybridized carbons (Fsp3) is 0.500. The van der Waals surface area contributed by atoms with Crippen LogP contribution in [0.1, 0.15) is 11.1 Å². The van der Waals surface area contributed by atoms with Crippen LogP contribution in [0, 0.1) is 0 Å². The predicted molar refractivity (Wildman–Crippen MR) is 62.5 cm³/mol. The molecule has 0 radical (unpaired) electrons. The van der Waals surface area contributed by atoms with Crippen LogP contribution >= 0.6 is 0 Å². The number of hydrazine groups is 1. The molecular formula is C12H16F3N3. The van der Waals surface area contributed by atoms with E-state index in [1.54, 1.807) is 5.01 Å². The number of alkyl halides is 3. The van der Waals surface area contributed by atoms with E-state index < -0.39 is 11.7 Å². The molecule has 1 aliphatic rings. The number of hydrogen-bond acceptors (Lipinski definition) is 3. The van der Waals surface area contributed by atoms with Gasteiger partial charge in [0.2, 0.25) is 0 Å². The first-order valence-corrected chi connectivity index (χ1v) is 5.83. The van der Waals surface area contributed by atoms with Crippen LogP contribution in [-0.2, 0) is 12.7 Å². The van der Waals surface area contributed by atoms with Crippen molar-refractivity contribution < 1.29 is 13.2 Å². The van der Waals surface area contributed by atoms with E-state index in [4.69, 9.17) is 5.84 Å². The van der Waals surface area contributed by atoms with Gasteiger partial charge in [-0.3, -0.25) is 10.7 Å². The molecule has 0 atom stereocenters. The van der Waals surface area contributed by atoms with E-state index in [9.17, 15) is 13.2 Å². The second-order valence-corrected chi connectivity index (χ2v) is 4.51. The summed E-state index contributed by atoms with van der Waals surface area (Å²) in [6.07, 6.45) is -4.26. The standard InChI is InChI=1S/C12H16F3N3/c13-12(14,15)11-3-1-10(2-4-11)9-17-5-7-18(16)8-6-17/h1-4H,5-9,16H2. The number of benzene rings is 1. The van der Waals surface area contributed by atoms with Crippen molar-refractivity contribution in [3.8, 4) is 0 Å². The van der Waals surface area contributed by atoms with E-state index in [0.29, 0.717) is 6.54 Å². The van der Waals surface area contributed by atoms with Gasteiger partial charge in [-0.1, -0.05) is 12.1 Å². The van der Waals surface area contributed by atoms with Crippen LogP contribution in [-0.4, -0.2) is 36.1 Å². The Kier molecular flexibility index (Phi) is 3.89. The summed E-state index contributed by atoms with van der Waals surface area (Å²) < 4.78 is 37.2. The number of rotatable bonds is 2. The lowest BCUT2D eigenvalue weighted by atomic mass is 10.1. The summed E-state index contributed by atoms with van der Waals surface area (Å²) in [5, 5.41) is 1.75. The van der Waals surface area contributed by atoms with Crippen molar-refractivity contribution in [3.05, 3.63) is 35.4 Å². The first-order valence-electron chi connectivity index (χ1n) is 5.83. The largest absolute Gasteiger partial charge is 0.416 e. The normalized spacial score (nSPS) is 19.1. The lowest BCUT2D eigenvalue weighted by Crippen LogP contribution is -2.48. The van der Waals surface area contributed by atoms with Crippen molar-refractivity contribution in [1.29, 1.82) is 0 Å². The monoisotopic (exact) mass is 259 g/mol. The van der Waals surface area contributed by atoms with Gasteiger partial charge in [-0.25, -0.2) is 5.01 Å². The van der Waals surface area contributed by atoms with Crippen molar-refractivity contribution in [3.63, 3.8) is 0 Å². The number of piperazine rings is 1. The zero-order chi connectivity index (χ0) is 13.2. The van der Waals surface area contributed by atoms with Crippen LogP contribution in [0.25, 0.3) is 0 Å². The molecule has 1 aromatic rings. The zero-order valence-electron chi connectivity index (χ0n) is 9.95. The zero-order valence-corrected chi connectivity index (χ0v) is 9.95. The fourth-order valence-electron chi connectivity index (χ4n) is 1.98. The minimum Gasteiger partial charge on any atom is -0.296 e. The van der Waals surface area contributed by atoms with Crippen molar-refractivity contribution in [2.24, 2.45) is 5.84 Å². The molecule has 0 spiro atoms. The summed E-state index contributed by atoms with van der Waals surface area (Å²) in [7, 11) is 0. The molecular weight excluding hydrogens is 243 g/mol. The van der Waals surface area contributed by atoms with Crippen molar-refractivity contribution in [2.75, 3.05) is 26.2 Å². The Bertz CT molecular complexity index is 381. The molecule has 1 saturated heterocycles. The maximum atomic E-state index is 12.4. The Morgan fingerprint density at radius 3 is 2.06 bits per heavy atom. The molecule has 18 heavy (non-hydrogen) atoms. The molecule has 100 valence electrons. The number of halogens is 3. The molecule has 3 nitrogen and oxygen atoms in total. The highest BCUT2D eigenvalue weighted by atomic mass is 19.4. The SMILES string of the molecule is NN1CCN(Cc2ccc(C(F)(F)F)cc2)CC1. The van der Waals surface area contributed by atoms with Gasteiger partial charge in [0.1, 0.15) is 0 Å². The van der Waals surface area contributed by atoms with Crippen LogP contribution in [0.4, 0.5) is 13.2 Å². The summed E-state index contributed by atoms with van der Waals surface area (Å²) in [6.45, 7) is 3.95. The van der Waals surface area contributed by atoms with Gasteiger partial charge >= 0.3 is 6.18 Å². The summed E-state index contributed by atoms with van der Waals surface area (Å²) in [5.41, 5.74) is 0.298. The van der Waals surface area contributed by atoms with E-state index in [1.807, 2.05) is 0 Å². The molecule has 2 rings (SSSR count). The number of hydrogen-bond donors (Lipinski definition) is 1. The van der Waals surface area contributed by atoms with Crippen molar-refractivity contribution in [2.45, 2.75) is 12.7 Å². The van der Waals surface area contributed by atoms with Gasteiger partial charge in [0.25, 0.3) is 0 Å². The maximum absolute atomic E-state index is 12.4. The minimum absolute atomic E-state index is 0.599. The minimum atomic E-state index is -4.26. The molecule has 0 amide bonds. The molecule has 0 unspecified atom stereocenters. The molecule has 0 bridgehead atoms. The Balaban J connectivity index is 1.94. The van der Waals surface area contributed by atoms with Gasteiger partial charge in [0.05, 0.1) is 5.56 Å². The van der Waals surface area contributed by atoms with Crippen LogP contribution in [0.2, 0.25) is 0 Å². The van der Waals surface area contributed by atoms with Crippen LogP contribution in [0.3, 0.4) is 0 Å². The topological polar surface area (TPSA) is 32.5 Å². The predicted octanol–water partition coefficient (Wildman–Crippen LogP) is 1.70. The smallest absolute Gasteiger partial charge is 0.296 e. The van der Waals surface area contributed by atoms with Gasteiger partial charge in [-0.05, 0) is 17.7 Å².